The molecule has 0 atom stereocenters. The van der Waals surface area contributed by atoms with E-state index >= 15 is 0 Å². The van der Waals surface area contributed by atoms with Crippen LogP contribution in [0, 0.1) is 17.0 Å². The van der Waals surface area contributed by atoms with E-state index in [9.17, 15) is 14.9 Å². The summed E-state index contributed by atoms with van der Waals surface area (Å²) < 4.78 is 5.16. The highest BCUT2D eigenvalue weighted by Crippen LogP contribution is 2.32. The molecule has 1 aromatic carbocycles. The largest absolute Gasteiger partial charge is 0.361 e. The minimum absolute atomic E-state index is 0.0236. The third-order valence-corrected chi connectivity index (χ3v) is 4.91. The molecule has 0 saturated carbocycles. The van der Waals surface area contributed by atoms with E-state index in [2.05, 4.69) is 15.1 Å². The molecule has 0 saturated heterocycles. The average molecular weight is 368 g/mol. The predicted molar refractivity (Wildman–Crippen MR) is 96.4 cm³/mol. The van der Waals surface area contributed by atoms with Crippen molar-refractivity contribution >= 4 is 27.2 Å². The topological polar surface area (TPSA) is 115 Å². The van der Waals surface area contributed by atoms with Gasteiger partial charge in [-0.1, -0.05) is 5.16 Å². The Bertz CT molecular complexity index is 1170. The van der Waals surface area contributed by atoms with Crippen LogP contribution in [-0.4, -0.2) is 20.0 Å². The van der Waals surface area contributed by atoms with Crippen LogP contribution in [0.4, 0.5) is 5.69 Å². The number of non-ortho nitro benzene ring substituents is 1. The monoisotopic (exact) mass is 368 g/mol. The van der Waals surface area contributed by atoms with E-state index in [1.807, 2.05) is 6.92 Å². The van der Waals surface area contributed by atoms with Crippen LogP contribution < -0.4 is 5.56 Å². The first kappa shape index (κ1) is 16.2. The van der Waals surface area contributed by atoms with Crippen LogP contribution in [0.15, 0.2) is 45.7 Å². The Labute approximate surface area is 150 Å². The van der Waals surface area contributed by atoms with E-state index in [1.54, 1.807) is 24.3 Å². The summed E-state index contributed by atoms with van der Waals surface area (Å²) in [5.74, 6) is 1.12. The molecule has 0 spiro atoms. The minimum Gasteiger partial charge on any atom is -0.361 e. The van der Waals surface area contributed by atoms with Crippen molar-refractivity contribution in [2.75, 3.05) is 0 Å². The molecule has 130 valence electrons. The van der Waals surface area contributed by atoms with Gasteiger partial charge in [0.05, 0.1) is 22.4 Å². The van der Waals surface area contributed by atoms with Crippen LogP contribution in [0.25, 0.3) is 20.7 Å². The van der Waals surface area contributed by atoms with Crippen LogP contribution in [0.5, 0.6) is 0 Å². The van der Waals surface area contributed by atoms with E-state index in [1.165, 1.54) is 23.5 Å². The molecular formula is C17H12N4O4S. The summed E-state index contributed by atoms with van der Waals surface area (Å²) in [6, 6.07) is 9.74. The molecule has 4 aromatic rings. The van der Waals surface area contributed by atoms with Gasteiger partial charge in [0.15, 0.2) is 0 Å². The number of aromatic amines is 1. The molecule has 0 aliphatic carbocycles. The van der Waals surface area contributed by atoms with Crippen molar-refractivity contribution in [1.82, 2.24) is 15.1 Å². The lowest BCUT2D eigenvalue weighted by atomic mass is 10.1. The zero-order valence-electron chi connectivity index (χ0n) is 13.6. The maximum Gasteiger partial charge on any atom is 0.269 e. The summed E-state index contributed by atoms with van der Waals surface area (Å²) in [6.45, 7) is 1.82. The van der Waals surface area contributed by atoms with Crippen molar-refractivity contribution in [3.8, 4) is 10.4 Å². The molecule has 8 nitrogen and oxygen atoms in total. The van der Waals surface area contributed by atoms with Gasteiger partial charge in [0.2, 0.25) is 0 Å². The second-order valence-corrected chi connectivity index (χ2v) is 6.79. The second-order valence-electron chi connectivity index (χ2n) is 5.76. The lowest BCUT2D eigenvalue weighted by molar-refractivity contribution is -0.384. The third-order valence-electron chi connectivity index (χ3n) is 3.83. The number of benzene rings is 1. The lowest BCUT2D eigenvalue weighted by Gasteiger charge is -1.97. The Morgan fingerprint density at radius 3 is 2.69 bits per heavy atom. The number of thiophene rings is 1. The summed E-state index contributed by atoms with van der Waals surface area (Å²) in [4.78, 5) is 31.4. The van der Waals surface area contributed by atoms with Crippen LogP contribution in [0.3, 0.4) is 0 Å². The van der Waals surface area contributed by atoms with Gasteiger partial charge in [-0.05, 0) is 30.7 Å². The quantitative estimate of drug-likeness (QED) is 0.436. The number of nitro groups is 1. The first-order valence-electron chi connectivity index (χ1n) is 7.69. The normalized spacial score (nSPS) is 11.1. The number of nitro benzene ring substituents is 1. The van der Waals surface area contributed by atoms with Gasteiger partial charge in [-0.2, -0.15) is 0 Å². The number of rotatable bonds is 4. The first-order chi connectivity index (χ1) is 12.5. The molecule has 4 rings (SSSR count). The highest BCUT2D eigenvalue weighted by Gasteiger charge is 2.13. The first-order valence-corrected chi connectivity index (χ1v) is 8.51. The average Bonchev–Trinajstić information content (AvgIpc) is 3.21. The number of hydrogen-bond donors (Lipinski definition) is 1. The van der Waals surface area contributed by atoms with Crippen LogP contribution in [0.1, 0.15) is 17.3 Å². The molecule has 0 fully saturated rings. The molecule has 3 heterocycles. The van der Waals surface area contributed by atoms with Crippen molar-refractivity contribution in [2.24, 2.45) is 0 Å². The molecule has 3 aromatic heterocycles. The third kappa shape index (κ3) is 3.00. The SMILES string of the molecule is Cc1cc(Cc2nc3sc(-c4ccc([N+](=O)[O-])cc4)cc3c(=O)[nH]2)on1. The molecular weight excluding hydrogens is 356 g/mol. The molecule has 0 radical (unpaired) electrons. The van der Waals surface area contributed by atoms with Crippen LogP contribution in [-0.2, 0) is 6.42 Å². The fourth-order valence-electron chi connectivity index (χ4n) is 2.61. The van der Waals surface area contributed by atoms with Crippen LogP contribution in [0.2, 0.25) is 0 Å². The standard InChI is InChI=1S/C17H12N4O4S/c1-9-6-12(25-20-9)7-15-18-16(22)13-8-14(26-17(13)19-15)10-2-4-11(5-3-10)21(23)24/h2-6,8H,7H2,1H3,(H,18,19,22). The summed E-state index contributed by atoms with van der Waals surface area (Å²) in [6.07, 6.45) is 0.344. The Hall–Kier alpha value is -3.33. The van der Waals surface area contributed by atoms with Crippen molar-refractivity contribution < 1.29 is 9.45 Å². The fraction of sp³-hybridized carbons (Fsp3) is 0.118. The minimum atomic E-state index is -0.446. The summed E-state index contributed by atoms with van der Waals surface area (Å²) >= 11 is 1.36. The molecule has 26 heavy (non-hydrogen) atoms. The number of H-pyrrole nitrogens is 1. The summed E-state index contributed by atoms with van der Waals surface area (Å²) in [7, 11) is 0. The number of aryl methyl sites for hydroxylation is 1. The van der Waals surface area contributed by atoms with Gasteiger partial charge < -0.3 is 9.51 Å². The second kappa shape index (κ2) is 6.19. The van der Waals surface area contributed by atoms with Gasteiger partial charge in [0, 0.05) is 23.1 Å². The molecule has 1 N–H and O–H groups in total. The van der Waals surface area contributed by atoms with Crippen LogP contribution >= 0.6 is 11.3 Å². The maximum absolute atomic E-state index is 12.4. The highest BCUT2D eigenvalue weighted by molar-refractivity contribution is 7.21. The van der Waals surface area contributed by atoms with Gasteiger partial charge in [0.1, 0.15) is 16.4 Å². The van der Waals surface area contributed by atoms with Gasteiger partial charge in [-0.25, -0.2) is 4.98 Å². The Balaban J connectivity index is 1.71. The number of nitrogens with one attached hydrogen (secondary N) is 1. The Morgan fingerprint density at radius 2 is 2.04 bits per heavy atom. The van der Waals surface area contributed by atoms with Gasteiger partial charge in [-0.3, -0.25) is 14.9 Å². The summed E-state index contributed by atoms with van der Waals surface area (Å²) in [5.41, 5.74) is 1.35. The smallest absolute Gasteiger partial charge is 0.269 e. The van der Waals surface area contributed by atoms with Gasteiger partial charge >= 0.3 is 0 Å². The molecule has 0 amide bonds. The molecule has 0 bridgehead atoms. The number of hydrogen-bond acceptors (Lipinski definition) is 7. The van der Waals surface area contributed by atoms with E-state index < -0.39 is 4.92 Å². The molecule has 0 aliphatic rings. The van der Waals surface area contributed by atoms with E-state index in [0.717, 1.165) is 16.1 Å². The van der Waals surface area contributed by atoms with Gasteiger partial charge in [0.25, 0.3) is 11.2 Å². The molecule has 9 heteroatoms. The van der Waals surface area contributed by atoms with E-state index in [4.69, 9.17) is 4.52 Å². The van der Waals surface area contributed by atoms with E-state index in [0.29, 0.717) is 28.2 Å². The van der Waals surface area contributed by atoms with Crippen molar-refractivity contribution in [2.45, 2.75) is 13.3 Å². The zero-order chi connectivity index (χ0) is 18.3. The maximum atomic E-state index is 12.4. The van der Waals surface area contributed by atoms with Crippen molar-refractivity contribution in [1.29, 1.82) is 0 Å². The van der Waals surface area contributed by atoms with Crippen molar-refractivity contribution in [3.63, 3.8) is 0 Å². The number of aromatic nitrogens is 3. The predicted octanol–water partition coefficient (Wildman–Crippen LogP) is 3.45. The highest BCUT2D eigenvalue weighted by atomic mass is 32.1. The van der Waals surface area contributed by atoms with Crippen molar-refractivity contribution in [3.05, 3.63) is 74.1 Å². The Morgan fingerprint density at radius 1 is 1.27 bits per heavy atom. The van der Waals surface area contributed by atoms with E-state index in [-0.39, 0.29) is 11.2 Å². The molecule has 0 unspecified atom stereocenters. The Kier molecular flexibility index (Phi) is 3.85. The lowest BCUT2D eigenvalue weighted by Crippen LogP contribution is -2.10. The summed E-state index contributed by atoms with van der Waals surface area (Å²) in [5, 5.41) is 15.1. The van der Waals surface area contributed by atoms with Gasteiger partial charge in [-0.15, -0.1) is 11.3 Å². The molecule has 0 aliphatic heterocycles. The number of fused-ring (bicyclic) bond motifs is 1. The zero-order valence-corrected chi connectivity index (χ0v) is 14.4. The fourth-order valence-corrected chi connectivity index (χ4v) is 3.67. The number of nitrogens with zero attached hydrogens (tertiary/aromatic N) is 3.